The predicted molar refractivity (Wildman–Crippen MR) is 73.7 cm³/mol. The first kappa shape index (κ1) is 15.0. The van der Waals surface area contributed by atoms with Crippen LogP contribution in [0.25, 0.3) is 0 Å². The SMILES string of the molecule is CCCC(C(=N)c1ccc(Cl)cc1Cl)C(=O)OC. The molecule has 0 radical (unpaired) electrons. The lowest BCUT2D eigenvalue weighted by molar-refractivity contribution is -0.143. The van der Waals surface area contributed by atoms with Gasteiger partial charge in [0, 0.05) is 10.6 Å². The van der Waals surface area contributed by atoms with Crippen LogP contribution in [0.3, 0.4) is 0 Å². The van der Waals surface area contributed by atoms with Gasteiger partial charge in [-0.25, -0.2) is 0 Å². The number of hydrogen-bond acceptors (Lipinski definition) is 3. The first-order chi connectivity index (χ1) is 8.51. The molecule has 1 aromatic rings. The molecule has 0 fully saturated rings. The summed E-state index contributed by atoms with van der Waals surface area (Å²) in [6.45, 7) is 1.95. The third-order valence-electron chi connectivity index (χ3n) is 2.63. The predicted octanol–water partition coefficient (Wildman–Crippen LogP) is 3.95. The molecule has 0 aliphatic carbocycles. The molecule has 1 N–H and O–H groups in total. The number of nitrogens with one attached hydrogen (secondary N) is 1. The summed E-state index contributed by atoms with van der Waals surface area (Å²) in [5, 5.41) is 8.98. The Balaban J connectivity index is 3.05. The second kappa shape index (κ2) is 6.76. The molecule has 0 saturated heterocycles. The molecule has 98 valence electrons. The van der Waals surface area contributed by atoms with E-state index in [9.17, 15) is 4.79 Å². The van der Waals surface area contributed by atoms with E-state index < -0.39 is 11.9 Å². The summed E-state index contributed by atoms with van der Waals surface area (Å²) in [7, 11) is 1.32. The minimum Gasteiger partial charge on any atom is -0.469 e. The molecule has 0 heterocycles. The summed E-state index contributed by atoms with van der Waals surface area (Å²) < 4.78 is 4.72. The monoisotopic (exact) mass is 287 g/mol. The molecule has 1 unspecified atom stereocenters. The van der Waals surface area contributed by atoms with Crippen LogP contribution in [-0.2, 0) is 9.53 Å². The first-order valence-corrected chi connectivity index (χ1v) is 6.38. The van der Waals surface area contributed by atoms with Gasteiger partial charge in [0.1, 0.15) is 0 Å². The first-order valence-electron chi connectivity index (χ1n) is 5.63. The molecule has 0 aliphatic rings. The third-order valence-corrected chi connectivity index (χ3v) is 3.18. The molecule has 0 spiro atoms. The van der Waals surface area contributed by atoms with Crippen molar-refractivity contribution in [3.8, 4) is 0 Å². The highest BCUT2D eigenvalue weighted by atomic mass is 35.5. The van der Waals surface area contributed by atoms with Crippen molar-refractivity contribution in [2.24, 2.45) is 5.92 Å². The minimum atomic E-state index is -0.585. The van der Waals surface area contributed by atoms with Gasteiger partial charge in [-0.3, -0.25) is 4.79 Å². The van der Waals surface area contributed by atoms with E-state index in [1.165, 1.54) is 7.11 Å². The molecule has 1 aromatic carbocycles. The average Bonchev–Trinajstić information content (AvgIpc) is 2.34. The third kappa shape index (κ3) is 3.47. The van der Waals surface area contributed by atoms with Gasteiger partial charge < -0.3 is 10.1 Å². The number of esters is 1. The molecule has 0 amide bonds. The van der Waals surface area contributed by atoms with Crippen LogP contribution in [0.15, 0.2) is 18.2 Å². The summed E-state index contributed by atoms with van der Waals surface area (Å²) in [5.41, 5.74) is 0.690. The molecule has 0 saturated carbocycles. The molecule has 0 aromatic heterocycles. The Bertz CT molecular complexity index is 460. The molecular weight excluding hydrogens is 273 g/mol. The van der Waals surface area contributed by atoms with Crippen molar-refractivity contribution in [3.63, 3.8) is 0 Å². The standard InChI is InChI=1S/C13H15Cl2NO2/c1-3-4-10(13(17)18-2)12(16)9-6-5-8(14)7-11(9)15/h5-7,10,16H,3-4H2,1-2H3. The second-order valence-corrected chi connectivity index (χ2v) is 4.75. The molecule has 5 heteroatoms. The highest BCUT2D eigenvalue weighted by Crippen LogP contribution is 2.25. The Labute approximate surface area is 117 Å². The van der Waals surface area contributed by atoms with E-state index in [2.05, 4.69) is 0 Å². The fourth-order valence-corrected chi connectivity index (χ4v) is 2.22. The number of halogens is 2. The minimum absolute atomic E-state index is 0.172. The van der Waals surface area contributed by atoms with Gasteiger partial charge in [0.2, 0.25) is 0 Å². The van der Waals surface area contributed by atoms with Crippen molar-refractivity contribution in [1.82, 2.24) is 0 Å². The molecule has 0 aliphatic heterocycles. The van der Waals surface area contributed by atoms with E-state index in [1.807, 2.05) is 6.92 Å². The van der Waals surface area contributed by atoms with Crippen LogP contribution in [0, 0.1) is 11.3 Å². The molecule has 1 rings (SSSR count). The summed E-state index contributed by atoms with van der Waals surface area (Å²) in [5.74, 6) is -0.994. The van der Waals surface area contributed by atoms with Crippen LogP contribution >= 0.6 is 23.2 Å². The molecule has 18 heavy (non-hydrogen) atoms. The number of ether oxygens (including phenoxy) is 1. The summed E-state index contributed by atoms with van der Waals surface area (Å²) in [6, 6.07) is 4.86. The Morgan fingerprint density at radius 2 is 2.11 bits per heavy atom. The highest BCUT2D eigenvalue weighted by Gasteiger charge is 2.25. The lowest BCUT2D eigenvalue weighted by Gasteiger charge is -2.16. The maximum atomic E-state index is 11.7. The molecule has 0 bridgehead atoms. The Morgan fingerprint density at radius 3 is 2.61 bits per heavy atom. The van der Waals surface area contributed by atoms with Crippen molar-refractivity contribution in [1.29, 1.82) is 5.41 Å². The van der Waals surface area contributed by atoms with E-state index in [-0.39, 0.29) is 5.71 Å². The lowest BCUT2D eigenvalue weighted by atomic mass is 9.93. The van der Waals surface area contributed by atoms with Crippen LogP contribution < -0.4 is 0 Å². The fourth-order valence-electron chi connectivity index (χ4n) is 1.71. The molecular formula is C13H15Cl2NO2. The maximum Gasteiger partial charge on any atom is 0.314 e. The Kier molecular flexibility index (Phi) is 5.63. The zero-order chi connectivity index (χ0) is 13.7. The van der Waals surface area contributed by atoms with E-state index >= 15 is 0 Å². The van der Waals surface area contributed by atoms with Crippen molar-refractivity contribution >= 4 is 34.9 Å². The van der Waals surface area contributed by atoms with Crippen LogP contribution in [-0.4, -0.2) is 18.8 Å². The molecule has 1 atom stereocenters. The number of carbonyl (C=O) groups is 1. The number of rotatable bonds is 5. The summed E-state index contributed by atoms with van der Waals surface area (Å²) in [6.07, 6.45) is 1.35. The molecule has 3 nitrogen and oxygen atoms in total. The zero-order valence-electron chi connectivity index (χ0n) is 10.3. The number of hydrogen-bond donors (Lipinski definition) is 1. The van der Waals surface area contributed by atoms with Gasteiger partial charge in [-0.1, -0.05) is 42.6 Å². The summed E-state index contributed by atoms with van der Waals surface area (Å²) in [4.78, 5) is 11.7. The van der Waals surface area contributed by atoms with Gasteiger partial charge in [-0.15, -0.1) is 0 Å². The van der Waals surface area contributed by atoms with Gasteiger partial charge in [0.25, 0.3) is 0 Å². The van der Waals surface area contributed by atoms with Gasteiger partial charge in [0.15, 0.2) is 0 Å². The number of methoxy groups -OCH3 is 1. The van der Waals surface area contributed by atoms with E-state index in [0.717, 1.165) is 6.42 Å². The Morgan fingerprint density at radius 1 is 1.44 bits per heavy atom. The van der Waals surface area contributed by atoms with Gasteiger partial charge in [-0.05, 0) is 18.6 Å². The van der Waals surface area contributed by atoms with Crippen molar-refractivity contribution < 1.29 is 9.53 Å². The van der Waals surface area contributed by atoms with E-state index in [0.29, 0.717) is 22.0 Å². The van der Waals surface area contributed by atoms with E-state index in [4.69, 9.17) is 33.3 Å². The van der Waals surface area contributed by atoms with Crippen molar-refractivity contribution in [3.05, 3.63) is 33.8 Å². The van der Waals surface area contributed by atoms with Gasteiger partial charge in [-0.2, -0.15) is 0 Å². The van der Waals surface area contributed by atoms with Gasteiger partial charge >= 0.3 is 5.97 Å². The van der Waals surface area contributed by atoms with Crippen LogP contribution in [0.4, 0.5) is 0 Å². The number of carbonyl (C=O) groups excluding carboxylic acids is 1. The van der Waals surface area contributed by atoms with Crippen molar-refractivity contribution in [2.75, 3.05) is 7.11 Å². The quantitative estimate of drug-likeness (QED) is 0.658. The topological polar surface area (TPSA) is 50.2 Å². The fraction of sp³-hybridized carbons (Fsp3) is 0.385. The second-order valence-electron chi connectivity index (χ2n) is 3.90. The smallest absolute Gasteiger partial charge is 0.314 e. The normalized spacial score (nSPS) is 12.0. The average molecular weight is 288 g/mol. The summed E-state index contributed by atoms with van der Waals surface area (Å²) >= 11 is 11.8. The van der Waals surface area contributed by atoms with Gasteiger partial charge in [0.05, 0.1) is 23.8 Å². The Hall–Kier alpha value is -1.06. The van der Waals surface area contributed by atoms with Crippen LogP contribution in [0.2, 0.25) is 10.0 Å². The largest absolute Gasteiger partial charge is 0.469 e. The van der Waals surface area contributed by atoms with Crippen LogP contribution in [0.1, 0.15) is 25.3 Å². The number of benzene rings is 1. The zero-order valence-corrected chi connectivity index (χ0v) is 11.8. The lowest BCUT2D eigenvalue weighted by Crippen LogP contribution is -2.25. The van der Waals surface area contributed by atoms with Crippen molar-refractivity contribution in [2.45, 2.75) is 19.8 Å². The van der Waals surface area contributed by atoms with E-state index in [1.54, 1.807) is 18.2 Å². The highest BCUT2D eigenvalue weighted by molar-refractivity contribution is 6.37. The van der Waals surface area contributed by atoms with Crippen LogP contribution in [0.5, 0.6) is 0 Å². The maximum absolute atomic E-state index is 11.7.